The highest BCUT2D eigenvalue weighted by Crippen LogP contribution is 2.33. The summed E-state index contributed by atoms with van der Waals surface area (Å²) in [6.45, 7) is 6.27. The Labute approximate surface area is 117 Å². The van der Waals surface area contributed by atoms with Gasteiger partial charge in [-0.3, -0.25) is 0 Å². The first-order valence-corrected chi connectivity index (χ1v) is 7.33. The molecule has 3 nitrogen and oxygen atoms in total. The van der Waals surface area contributed by atoms with Crippen molar-refractivity contribution in [2.45, 2.75) is 26.4 Å². The number of hydrogen-bond acceptors (Lipinski definition) is 3. The zero-order chi connectivity index (χ0) is 12.8. The molecular formula is C14H20BrNO2. The fourth-order valence-electron chi connectivity index (χ4n) is 2.08. The summed E-state index contributed by atoms with van der Waals surface area (Å²) in [5, 5.41) is 3.32. The monoisotopic (exact) mass is 313 g/mol. The van der Waals surface area contributed by atoms with Gasteiger partial charge in [0.2, 0.25) is 0 Å². The summed E-state index contributed by atoms with van der Waals surface area (Å²) < 4.78 is 12.5. The number of benzene rings is 1. The van der Waals surface area contributed by atoms with Crippen LogP contribution in [0.2, 0.25) is 0 Å². The summed E-state index contributed by atoms with van der Waals surface area (Å²) >= 11 is 3.54. The van der Waals surface area contributed by atoms with Crippen molar-refractivity contribution in [2.24, 2.45) is 0 Å². The quantitative estimate of drug-likeness (QED) is 0.785. The molecule has 1 heterocycles. The number of fused-ring (bicyclic) bond motifs is 1. The van der Waals surface area contributed by atoms with Gasteiger partial charge in [-0.2, -0.15) is 0 Å². The van der Waals surface area contributed by atoms with Crippen LogP contribution in [0.1, 0.15) is 24.5 Å². The van der Waals surface area contributed by atoms with Crippen LogP contribution in [0, 0.1) is 0 Å². The molecule has 0 bridgehead atoms. The van der Waals surface area contributed by atoms with E-state index in [1.54, 1.807) is 0 Å². The van der Waals surface area contributed by atoms with Crippen molar-refractivity contribution in [1.82, 2.24) is 5.32 Å². The zero-order valence-corrected chi connectivity index (χ0v) is 12.4. The van der Waals surface area contributed by atoms with Crippen molar-refractivity contribution in [3.8, 4) is 5.75 Å². The summed E-state index contributed by atoms with van der Waals surface area (Å²) in [5.74, 6) is 1.03. The first-order valence-electron chi connectivity index (χ1n) is 6.54. The third-order valence-electron chi connectivity index (χ3n) is 2.93. The van der Waals surface area contributed by atoms with Gasteiger partial charge in [0.15, 0.2) is 0 Å². The van der Waals surface area contributed by atoms with Crippen LogP contribution in [0.25, 0.3) is 0 Å². The van der Waals surface area contributed by atoms with Crippen molar-refractivity contribution in [1.29, 1.82) is 0 Å². The second-order valence-electron chi connectivity index (χ2n) is 4.45. The van der Waals surface area contributed by atoms with Crippen LogP contribution in [0.5, 0.6) is 5.75 Å². The van der Waals surface area contributed by atoms with Gasteiger partial charge in [-0.05, 0) is 30.7 Å². The molecule has 1 aliphatic heterocycles. The molecular weight excluding hydrogens is 294 g/mol. The third-order valence-corrected chi connectivity index (χ3v) is 3.39. The lowest BCUT2D eigenvalue weighted by Gasteiger charge is -2.10. The number of hydrogen-bond donors (Lipinski definition) is 1. The second-order valence-corrected chi connectivity index (χ2v) is 5.37. The minimum absolute atomic E-state index is 0.621. The predicted molar refractivity (Wildman–Crippen MR) is 76.2 cm³/mol. The van der Waals surface area contributed by atoms with Gasteiger partial charge in [-0.1, -0.05) is 22.9 Å². The molecule has 100 valence electrons. The molecule has 0 radical (unpaired) electrons. The van der Waals surface area contributed by atoms with E-state index in [1.807, 2.05) is 0 Å². The maximum Gasteiger partial charge on any atom is 0.128 e. The Balaban J connectivity index is 1.82. The molecule has 1 aromatic carbocycles. The van der Waals surface area contributed by atoms with Crippen molar-refractivity contribution in [3.63, 3.8) is 0 Å². The Bertz CT molecular complexity index is 396. The highest BCUT2D eigenvalue weighted by Gasteiger charge is 2.17. The Morgan fingerprint density at radius 3 is 3.11 bits per heavy atom. The van der Waals surface area contributed by atoms with Crippen molar-refractivity contribution in [2.75, 3.05) is 26.3 Å². The van der Waals surface area contributed by atoms with Crippen molar-refractivity contribution in [3.05, 3.63) is 27.7 Å². The van der Waals surface area contributed by atoms with Crippen LogP contribution in [0.4, 0.5) is 0 Å². The summed E-state index contributed by atoms with van der Waals surface area (Å²) in [6, 6.07) is 4.22. The number of nitrogens with one attached hydrogen (secondary N) is 1. The zero-order valence-electron chi connectivity index (χ0n) is 10.8. The first-order chi connectivity index (χ1) is 8.81. The summed E-state index contributed by atoms with van der Waals surface area (Å²) in [5.41, 5.74) is 2.43. The lowest BCUT2D eigenvalue weighted by molar-refractivity contribution is 0.121. The van der Waals surface area contributed by atoms with Gasteiger partial charge >= 0.3 is 0 Å². The highest BCUT2D eigenvalue weighted by molar-refractivity contribution is 9.10. The average molecular weight is 314 g/mol. The number of rotatable bonds is 7. The molecule has 4 heteroatoms. The molecule has 0 fully saturated rings. The molecule has 18 heavy (non-hydrogen) atoms. The molecule has 0 aromatic heterocycles. The van der Waals surface area contributed by atoms with E-state index in [0.29, 0.717) is 6.61 Å². The molecule has 0 saturated carbocycles. The van der Waals surface area contributed by atoms with E-state index in [4.69, 9.17) is 9.47 Å². The minimum Gasteiger partial charge on any atom is -0.493 e. The van der Waals surface area contributed by atoms with Gasteiger partial charge in [-0.25, -0.2) is 0 Å². The van der Waals surface area contributed by atoms with Crippen LogP contribution in [0.15, 0.2) is 16.6 Å². The Kier molecular flexibility index (Phi) is 5.47. The molecule has 1 N–H and O–H groups in total. The summed E-state index contributed by atoms with van der Waals surface area (Å²) in [6.07, 6.45) is 2.16. The van der Waals surface area contributed by atoms with E-state index in [2.05, 4.69) is 40.3 Å². The van der Waals surface area contributed by atoms with E-state index in [9.17, 15) is 0 Å². The number of ether oxygens (including phenoxy) is 2. The topological polar surface area (TPSA) is 30.5 Å². The molecule has 1 aliphatic rings. The lowest BCUT2D eigenvalue weighted by atomic mass is 10.1. The van der Waals surface area contributed by atoms with Crippen molar-refractivity contribution < 1.29 is 9.47 Å². The second kappa shape index (κ2) is 7.12. The van der Waals surface area contributed by atoms with Crippen LogP contribution in [-0.4, -0.2) is 26.3 Å². The molecule has 0 spiro atoms. The molecule has 0 unspecified atom stereocenters. The van der Waals surface area contributed by atoms with Gasteiger partial charge in [0, 0.05) is 23.0 Å². The van der Waals surface area contributed by atoms with E-state index in [0.717, 1.165) is 54.9 Å². The summed E-state index contributed by atoms with van der Waals surface area (Å²) in [4.78, 5) is 0. The number of halogens is 1. The molecule has 1 aromatic rings. The van der Waals surface area contributed by atoms with Crippen LogP contribution >= 0.6 is 15.9 Å². The van der Waals surface area contributed by atoms with E-state index >= 15 is 0 Å². The van der Waals surface area contributed by atoms with Crippen LogP contribution < -0.4 is 10.1 Å². The maximum atomic E-state index is 5.68. The largest absolute Gasteiger partial charge is 0.493 e. The standard InChI is InChI=1S/C14H20BrNO2/c1-2-4-16-5-7-17-10-12-9-13(15)8-11-3-6-18-14(11)12/h8-9,16H,2-7,10H2,1H3. The van der Waals surface area contributed by atoms with Gasteiger partial charge in [-0.15, -0.1) is 0 Å². The summed E-state index contributed by atoms with van der Waals surface area (Å²) in [7, 11) is 0. The molecule has 0 aliphatic carbocycles. The lowest BCUT2D eigenvalue weighted by Crippen LogP contribution is -2.20. The average Bonchev–Trinajstić information content (AvgIpc) is 2.81. The molecule has 0 amide bonds. The van der Waals surface area contributed by atoms with Crippen molar-refractivity contribution >= 4 is 15.9 Å². The van der Waals surface area contributed by atoms with Gasteiger partial charge < -0.3 is 14.8 Å². The minimum atomic E-state index is 0.621. The van der Waals surface area contributed by atoms with Crippen LogP contribution in [0.3, 0.4) is 0 Å². The van der Waals surface area contributed by atoms with E-state index < -0.39 is 0 Å². The van der Waals surface area contributed by atoms with Gasteiger partial charge in [0.05, 0.1) is 19.8 Å². The molecule has 2 rings (SSSR count). The maximum absolute atomic E-state index is 5.68. The SMILES string of the molecule is CCCNCCOCc1cc(Br)cc2c1OCC2. The smallest absolute Gasteiger partial charge is 0.128 e. The molecule has 0 atom stereocenters. The van der Waals surface area contributed by atoms with Gasteiger partial charge in [0.25, 0.3) is 0 Å². The highest BCUT2D eigenvalue weighted by atomic mass is 79.9. The Morgan fingerprint density at radius 1 is 1.39 bits per heavy atom. The molecule has 0 saturated heterocycles. The van der Waals surface area contributed by atoms with Crippen LogP contribution in [-0.2, 0) is 17.8 Å². The van der Waals surface area contributed by atoms with Gasteiger partial charge in [0.1, 0.15) is 5.75 Å². The Hall–Kier alpha value is -0.580. The normalized spacial score (nSPS) is 13.4. The predicted octanol–water partition coefficient (Wildman–Crippen LogP) is 2.90. The van der Waals surface area contributed by atoms with E-state index in [1.165, 1.54) is 5.56 Å². The fraction of sp³-hybridized carbons (Fsp3) is 0.571. The fourth-order valence-corrected chi connectivity index (χ4v) is 2.63. The first kappa shape index (κ1) is 13.8. The third kappa shape index (κ3) is 3.70. The van der Waals surface area contributed by atoms with E-state index in [-0.39, 0.29) is 0 Å². The Morgan fingerprint density at radius 2 is 2.28 bits per heavy atom.